The minimum Gasteiger partial charge on any atom is -0.322 e. The fourth-order valence-electron chi connectivity index (χ4n) is 1.68. The molecule has 0 heterocycles. The average molecular weight is 235 g/mol. The van der Waals surface area contributed by atoms with Gasteiger partial charge in [0.1, 0.15) is 0 Å². The zero-order chi connectivity index (χ0) is 13.0. The Kier molecular flexibility index (Phi) is 3.45. The van der Waals surface area contributed by atoms with Gasteiger partial charge in [-0.05, 0) is 36.8 Å². The van der Waals surface area contributed by atoms with E-state index >= 15 is 0 Å². The highest BCUT2D eigenvalue weighted by atomic mass is 16.1. The molecular formula is C16H13NO. The van der Waals surface area contributed by atoms with Crippen molar-refractivity contribution in [1.29, 1.82) is 0 Å². The van der Waals surface area contributed by atoms with Crippen LogP contribution >= 0.6 is 0 Å². The standard InChI is InChI=1S/C16H13NO/c1-3-13-10-9-12(2)15(11-13)16(18)17-14-7-5-4-6-8-14/h1,4-11H,2H3,(H,17,18). The molecule has 2 nitrogen and oxygen atoms in total. The van der Waals surface area contributed by atoms with E-state index < -0.39 is 0 Å². The molecule has 2 rings (SSSR count). The first kappa shape index (κ1) is 11.9. The fourth-order valence-corrected chi connectivity index (χ4v) is 1.68. The molecule has 0 radical (unpaired) electrons. The largest absolute Gasteiger partial charge is 0.322 e. The molecule has 0 unspecified atom stereocenters. The first-order valence-electron chi connectivity index (χ1n) is 5.64. The van der Waals surface area contributed by atoms with Gasteiger partial charge in [-0.2, -0.15) is 0 Å². The van der Waals surface area contributed by atoms with Gasteiger partial charge in [-0.3, -0.25) is 4.79 Å². The molecular weight excluding hydrogens is 222 g/mol. The molecule has 0 spiro atoms. The van der Waals surface area contributed by atoms with Crippen LogP contribution in [0.1, 0.15) is 21.5 Å². The normalized spacial score (nSPS) is 9.56. The van der Waals surface area contributed by atoms with Crippen molar-refractivity contribution >= 4 is 11.6 Å². The highest BCUT2D eigenvalue weighted by Gasteiger charge is 2.09. The first-order valence-corrected chi connectivity index (χ1v) is 5.64. The van der Waals surface area contributed by atoms with Crippen LogP contribution in [-0.4, -0.2) is 5.91 Å². The summed E-state index contributed by atoms with van der Waals surface area (Å²) in [5, 5.41) is 2.84. The number of carbonyl (C=O) groups is 1. The number of carbonyl (C=O) groups excluding carboxylic acids is 1. The molecule has 1 amide bonds. The minimum absolute atomic E-state index is 0.143. The van der Waals surface area contributed by atoms with E-state index in [1.54, 1.807) is 6.07 Å². The van der Waals surface area contributed by atoms with E-state index in [1.165, 1.54) is 0 Å². The Morgan fingerprint density at radius 2 is 1.89 bits per heavy atom. The summed E-state index contributed by atoms with van der Waals surface area (Å²) in [7, 11) is 0. The second-order valence-electron chi connectivity index (χ2n) is 3.99. The van der Waals surface area contributed by atoms with Crippen molar-refractivity contribution in [2.24, 2.45) is 0 Å². The lowest BCUT2D eigenvalue weighted by atomic mass is 10.0. The predicted molar refractivity (Wildman–Crippen MR) is 73.5 cm³/mol. The molecule has 1 N–H and O–H groups in total. The molecule has 0 aliphatic rings. The van der Waals surface area contributed by atoms with Crippen LogP contribution in [0.25, 0.3) is 0 Å². The lowest BCUT2D eigenvalue weighted by molar-refractivity contribution is 0.102. The van der Waals surface area contributed by atoms with Crippen LogP contribution in [-0.2, 0) is 0 Å². The van der Waals surface area contributed by atoms with Crippen molar-refractivity contribution in [2.75, 3.05) is 5.32 Å². The van der Waals surface area contributed by atoms with Crippen molar-refractivity contribution in [3.8, 4) is 12.3 Å². The van der Waals surface area contributed by atoms with Crippen LogP contribution in [0.3, 0.4) is 0 Å². The van der Waals surface area contributed by atoms with E-state index in [9.17, 15) is 4.79 Å². The van der Waals surface area contributed by atoms with Gasteiger partial charge in [0.05, 0.1) is 0 Å². The molecule has 2 aromatic carbocycles. The minimum atomic E-state index is -0.143. The summed E-state index contributed by atoms with van der Waals surface area (Å²) in [5.74, 6) is 2.39. The lowest BCUT2D eigenvalue weighted by Gasteiger charge is -2.08. The van der Waals surface area contributed by atoms with Gasteiger partial charge < -0.3 is 5.32 Å². The summed E-state index contributed by atoms with van der Waals surface area (Å²) in [6, 6.07) is 14.8. The van der Waals surface area contributed by atoms with Crippen LogP contribution in [0, 0.1) is 19.3 Å². The summed E-state index contributed by atoms with van der Waals surface area (Å²) < 4.78 is 0. The molecule has 0 aliphatic heterocycles. The first-order chi connectivity index (χ1) is 8.70. The van der Waals surface area contributed by atoms with Gasteiger partial charge in [0.25, 0.3) is 5.91 Å². The fraction of sp³-hybridized carbons (Fsp3) is 0.0625. The van der Waals surface area contributed by atoms with E-state index in [2.05, 4.69) is 11.2 Å². The lowest BCUT2D eigenvalue weighted by Crippen LogP contribution is -2.13. The smallest absolute Gasteiger partial charge is 0.255 e. The maximum absolute atomic E-state index is 12.1. The van der Waals surface area contributed by atoms with E-state index in [0.29, 0.717) is 11.1 Å². The Bertz CT molecular complexity index is 609. The van der Waals surface area contributed by atoms with Crippen molar-refractivity contribution in [3.63, 3.8) is 0 Å². The number of aryl methyl sites for hydroxylation is 1. The van der Waals surface area contributed by atoms with Gasteiger partial charge in [-0.1, -0.05) is 30.2 Å². The van der Waals surface area contributed by atoms with E-state index in [4.69, 9.17) is 6.42 Å². The number of anilines is 1. The number of terminal acetylenes is 1. The quantitative estimate of drug-likeness (QED) is 0.795. The summed E-state index contributed by atoms with van der Waals surface area (Å²) in [4.78, 5) is 12.1. The molecule has 0 bridgehead atoms. The zero-order valence-electron chi connectivity index (χ0n) is 10.1. The highest BCUT2D eigenvalue weighted by molar-refractivity contribution is 6.05. The van der Waals surface area contributed by atoms with Crippen LogP contribution in [0.15, 0.2) is 48.5 Å². The SMILES string of the molecule is C#Cc1ccc(C)c(C(=O)Nc2ccccc2)c1. The summed E-state index contributed by atoms with van der Waals surface area (Å²) in [5.41, 5.74) is 2.99. The molecule has 0 saturated carbocycles. The summed E-state index contributed by atoms with van der Waals surface area (Å²) >= 11 is 0. The molecule has 0 atom stereocenters. The monoisotopic (exact) mass is 235 g/mol. The number of rotatable bonds is 2. The van der Waals surface area contributed by atoms with E-state index in [-0.39, 0.29) is 5.91 Å². The van der Waals surface area contributed by atoms with Gasteiger partial charge in [0.15, 0.2) is 0 Å². The topological polar surface area (TPSA) is 29.1 Å². The number of benzene rings is 2. The number of hydrogen-bond acceptors (Lipinski definition) is 1. The molecule has 18 heavy (non-hydrogen) atoms. The Morgan fingerprint density at radius 3 is 2.56 bits per heavy atom. The Labute approximate surface area is 107 Å². The van der Waals surface area contributed by atoms with Crippen LogP contribution in [0.5, 0.6) is 0 Å². The molecule has 0 fully saturated rings. The number of hydrogen-bond donors (Lipinski definition) is 1. The maximum atomic E-state index is 12.1. The number of amides is 1. The molecule has 0 aromatic heterocycles. The second kappa shape index (κ2) is 5.20. The highest BCUT2D eigenvalue weighted by Crippen LogP contribution is 2.14. The predicted octanol–water partition coefficient (Wildman–Crippen LogP) is 3.23. The molecule has 2 heteroatoms. The molecule has 88 valence electrons. The Morgan fingerprint density at radius 1 is 1.17 bits per heavy atom. The van der Waals surface area contributed by atoms with Crippen LogP contribution in [0.4, 0.5) is 5.69 Å². The molecule has 0 aliphatic carbocycles. The van der Waals surface area contributed by atoms with Gasteiger partial charge in [-0.15, -0.1) is 6.42 Å². The second-order valence-corrected chi connectivity index (χ2v) is 3.99. The third-order valence-electron chi connectivity index (χ3n) is 2.68. The number of nitrogens with one attached hydrogen (secondary N) is 1. The van der Waals surface area contributed by atoms with Gasteiger partial charge in [-0.25, -0.2) is 0 Å². The Hall–Kier alpha value is -2.53. The van der Waals surface area contributed by atoms with E-state index in [1.807, 2.05) is 49.4 Å². The summed E-state index contributed by atoms with van der Waals surface area (Å²) in [6.45, 7) is 1.89. The average Bonchev–Trinajstić information content (AvgIpc) is 2.40. The van der Waals surface area contributed by atoms with Crippen molar-refractivity contribution < 1.29 is 4.79 Å². The molecule has 2 aromatic rings. The Balaban J connectivity index is 2.27. The van der Waals surface area contributed by atoms with Crippen LogP contribution in [0.2, 0.25) is 0 Å². The van der Waals surface area contributed by atoms with Crippen LogP contribution < -0.4 is 5.32 Å². The van der Waals surface area contributed by atoms with Crippen molar-refractivity contribution in [2.45, 2.75) is 6.92 Å². The summed E-state index contributed by atoms with van der Waals surface area (Å²) in [6.07, 6.45) is 5.34. The van der Waals surface area contributed by atoms with E-state index in [0.717, 1.165) is 11.3 Å². The number of para-hydroxylation sites is 1. The third kappa shape index (κ3) is 2.58. The van der Waals surface area contributed by atoms with Crippen molar-refractivity contribution in [3.05, 3.63) is 65.2 Å². The van der Waals surface area contributed by atoms with Crippen molar-refractivity contribution in [1.82, 2.24) is 0 Å². The maximum Gasteiger partial charge on any atom is 0.255 e. The van der Waals surface area contributed by atoms with Gasteiger partial charge in [0, 0.05) is 16.8 Å². The molecule has 0 saturated heterocycles. The zero-order valence-corrected chi connectivity index (χ0v) is 10.1. The third-order valence-corrected chi connectivity index (χ3v) is 2.68. The van der Waals surface area contributed by atoms with Gasteiger partial charge >= 0.3 is 0 Å². The van der Waals surface area contributed by atoms with Gasteiger partial charge in [0.2, 0.25) is 0 Å².